The maximum Gasteiger partial charge on any atom is 0.343 e. The number of ether oxygens (including phenoxy) is 3. The normalized spacial score (nSPS) is 10.7. The number of carbonyl (C=O) groups is 1. The van der Waals surface area contributed by atoms with Crippen molar-refractivity contribution in [1.82, 2.24) is 15.2 Å². The Morgan fingerprint density at radius 2 is 1.97 bits per heavy atom. The van der Waals surface area contributed by atoms with Gasteiger partial charge in [-0.1, -0.05) is 22.5 Å². The van der Waals surface area contributed by atoms with E-state index in [1.807, 2.05) is 18.2 Å². The molecule has 0 radical (unpaired) electrons. The second-order valence-electron chi connectivity index (χ2n) is 5.75. The lowest BCUT2D eigenvalue weighted by Gasteiger charge is -2.04. The van der Waals surface area contributed by atoms with E-state index in [1.165, 1.54) is 18.4 Å². The number of esters is 1. The van der Waals surface area contributed by atoms with Gasteiger partial charge in [-0.25, -0.2) is 9.78 Å². The molecular weight excluding hydrogens is 396 g/mol. The molecule has 0 saturated heterocycles. The molecular formula is C19H16N4O5S. The molecule has 29 heavy (non-hydrogen) atoms. The summed E-state index contributed by atoms with van der Waals surface area (Å²) in [6.45, 7) is -0.155. The van der Waals surface area contributed by atoms with Crippen LogP contribution in [-0.4, -0.2) is 42.0 Å². The SMILES string of the molecule is COC(=O)COc1ccc(-c2nnc(Nc3nc4c(OC)cccc4s3)o2)cc1. The summed E-state index contributed by atoms with van der Waals surface area (Å²) in [5.74, 6) is 1.12. The summed E-state index contributed by atoms with van der Waals surface area (Å²) in [6, 6.07) is 12.9. The number of methoxy groups -OCH3 is 2. The molecule has 0 saturated carbocycles. The summed E-state index contributed by atoms with van der Waals surface area (Å²) in [6.07, 6.45) is 0. The van der Waals surface area contributed by atoms with Crippen LogP contribution in [0.1, 0.15) is 0 Å². The number of anilines is 2. The minimum Gasteiger partial charge on any atom is -0.494 e. The number of para-hydroxylation sites is 1. The zero-order valence-electron chi connectivity index (χ0n) is 15.5. The van der Waals surface area contributed by atoms with Gasteiger partial charge < -0.3 is 18.6 Å². The summed E-state index contributed by atoms with van der Waals surface area (Å²) >= 11 is 1.45. The quantitative estimate of drug-likeness (QED) is 0.455. The number of nitrogens with zero attached hydrogens (tertiary/aromatic N) is 3. The molecule has 2 aromatic carbocycles. The summed E-state index contributed by atoms with van der Waals surface area (Å²) in [7, 11) is 2.91. The van der Waals surface area contributed by atoms with Gasteiger partial charge in [0.15, 0.2) is 11.7 Å². The van der Waals surface area contributed by atoms with Crippen LogP contribution in [-0.2, 0) is 9.53 Å². The van der Waals surface area contributed by atoms with Gasteiger partial charge in [0.25, 0.3) is 0 Å². The second kappa shape index (κ2) is 8.15. The molecule has 0 fully saturated rings. The Labute approximate surface area is 169 Å². The van der Waals surface area contributed by atoms with Gasteiger partial charge in [-0.05, 0) is 36.4 Å². The van der Waals surface area contributed by atoms with Gasteiger partial charge in [0, 0.05) is 5.56 Å². The van der Waals surface area contributed by atoms with E-state index in [0.29, 0.717) is 28.1 Å². The van der Waals surface area contributed by atoms with Crippen molar-refractivity contribution in [3.8, 4) is 23.0 Å². The molecule has 0 unspecified atom stereocenters. The lowest BCUT2D eigenvalue weighted by molar-refractivity contribution is -0.142. The summed E-state index contributed by atoms with van der Waals surface area (Å²) in [5, 5.41) is 11.7. The zero-order valence-corrected chi connectivity index (χ0v) is 16.4. The van der Waals surface area contributed by atoms with Crippen molar-refractivity contribution >= 4 is 38.7 Å². The molecule has 0 bridgehead atoms. The van der Waals surface area contributed by atoms with Gasteiger partial charge in [-0.2, -0.15) is 0 Å². The first kappa shape index (κ1) is 18.7. The third kappa shape index (κ3) is 4.11. The van der Waals surface area contributed by atoms with Crippen molar-refractivity contribution in [2.45, 2.75) is 0 Å². The van der Waals surface area contributed by atoms with Crippen LogP contribution in [0.15, 0.2) is 46.9 Å². The van der Waals surface area contributed by atoms with Gasteiger partial charge >= 0.3 is 12.0 Å². The van der Waals surface area contributed by atoms with E-state index in [0.717, 1.165) is 10.2 Å². The molecule has 10 heteroatoms. The van der Waals surface area contributed by atoms with Crippen LogP contribution >= 0.6 is 11.3 Å². The minimum atomic E-state index is -0.450. The Morgan fingerprint density at radius 1 is 1.14 bits per heavy atom. The predicted molar refractivity (Wildman–Crippen MR) is 107 cm³/mol. The van der Waals surface area contributed by atoms with Crippen molar-refractivity contribution in [1.29, 1.82) is 0 Å². The van der Waals surface area contributed by atoms with E-state index in [-0.39, 0.29) is 12.6 Å². The van der Waals surface area contributed by atoms with Crippen molar-refractivity contribution in [3.63, 3.8) is 0 Å². The highest BCUT2D eigenvalue weighted by molar-refractivity contribution is 7.22. The fourth-order valence-corrected chi connectivity index (χ4v) is 3.39. The molecule has 0 aliphatic heterocycles. The number of fused-ring (bicyclic) bond motifs is 1. The van der Waals surface area contributed by atoms with E-state index >= 15 is 0 Å². The highest BCUT2D eigenvalue weighted by Crippen LogP contribution is 2.33. The van der Waals surface area contributed by atoms with Gasteiger partial charge in [0.05, 0.1) is 18.9 Å². The maximum atomic E-state index is 11.1. The van der Waals surface area contributed by atoms with Crippen molar-refractivity contribution in [2.75, 3.05) is 26.1 Å². The van der Waals surface area contributed by atoms with Gasteiger partial charge in [-0.3, -0.25) is 5.32 Å². The molecule has 1 N–H and O–H groups in total. The Bertz CT molecular complexity index is 1140. The number of hydrogen-bond acceptors (Lipinski definition) is 10. The lowest BCUT2D eigenvalue weighted by Crippen LogP contribution is -2.12. The van der Waals surface area contributed by atoms with Crippen LogP contribution in [0.5, 0.6) is 11.5 Å². The standard InChI is InChI=1S/C19H16N4O5S/c1-25-13-4-3-5-14-16(13)20-19(29-14)21-18-23-22-17(28-18)11-6-8-12(9-7-11)27-10-15(24)26-2/h3-9H,10H2,1-2H3,(H,20,21,23). The molecule has 0 spiro atoms. The molecule has 0 atom stereocenters. The van der Waals surface area contributed by atoms with Crippen LogP contribution in [0.25, 0.3) is 21.7 Å². The number of carbonyl (C=O) groups excluding carboxylic acids is 1. The first-order valence-electron chi connectivity index (χ1n) is 8.50. The lowest BCUT2D eigenvalue weighted by atomic mass is 10.2. The number of rotatable bonds is 7. The van der Waals surface area contributed by atoms with E-state index in [9.17, 15) is 4.79 Å². The van der Waals surface area contributed by atoms with Crippen molar-refractivity contribution in [3.05, 3.63) is 42.5 Å². The van der Waals surface area contributed by atoms with Crippen LogP contribution in [0, 0.1) is 0 Å². The number of hydrogen-bond donors (Lipinski definition) is 1. The second-order valence-corrected chi connectivity index (χ2v) is 6.78. The average Bonchev–Trinajstić information content (AvgIpc) is 3.39. The third-order valence-electron chi connectivity index (χ3n) is 3.93. The van der Waals surface area contributed by atoms with E-state index < -0.39 is 5.97 Å². The highest BCUT2D eigenvalue weighted by atomic mass is 32.1. The first-order chi connectivity index (χ1) is 14.2. The Morgan fingerprint density at radius 3 is 2.72 bits per heavy atom. The van der Waals surface area contributed by atoms with Crippen LogP contribution < -0.4 is 14.8 Å². The Balaban J connectivity index is 1.46. The fourth-order valence-electron chi connectivity index (χ4n) is 2.52. The zero-order chi connectivity index (χ0) is 20.2. The molecule has 0 aliphatic carbocycles. The van der Waals surface area contributed by atoms with Crippen molar-refractivity contribution < 1.29 is 23.4 Å². The van der Waals surface area contributed by atoms with Crippen LogP contribution in [0.4, 0.5) is 11.1 Å². The number of nitrogens with one attached hydrogen (secondary N) is 1. The fraction of sp³-hybridized carbons (Fsp3) is 0.158. The first-order valence-corrected chi connectivity index (χ1v) is 9.32. The topological polar surface area (TPSA) is 109 Å². The summed E-state index contributed by atoms with van der Waals surface area (Å²) < 4.78 is 21.8. The largest absolute Gasteiger partial charge is 0.494 e. The molecule has 4 rings (SSSR count). The number of aromatic nitrogens is 3. The van der Waals surface area contributed by atoms with E-state index in [2.05, 4.69) is 25.2 Å². The smallest absolute Gasteiger partial charge is 0.343 e. The highest BCUT2D eigenvalue weighted by Gasteiger charge is 2.13. The minimum absolute atomic E-state index is 0.155. The molecule has 9 nitrogen and oxygen atoms in total. The van der Waals surface area contributed by atoms with Gasteiger partial charge in [-0.15, -0.1) is 5.10 Å². The van der Waals surface area contributed by atoms with E-state index in [1.54, 1.807) is 31.4 Å². The Hall–Kier alpha value is -3.66. The summed E-state index contributed by atoms with van der Waals surface area (Å²) in [5.41, 5.74) is 1.48. The monoisotopic (exact) mass is 412 g/mol. The van der Waals surface area contributed by atoms with E-state index in [4.69, 9.17) is 13.9 Å². The van der Waals surface area contributed by atoms with Crippen molar-refractivity contribution in [2.24, 2.45) is 0 Å². The predicted octanol–water partition coefficient (Wildman–Crippen LogP) is 3.65. The maximum absolute atomic E-state index is 11.1. The average molecular weight is 412 g/mol. The Kier molecular flexibility index (Phi) is 5.25. The molecule has 4 aromatic rings. The third-order valence-corrected chi connectivity index (χ3v) is 4.86. The van der Waals surface area contributed by atoms with Crippen LogP contribution in [0.2, 0.25) is 0 Å². The van der Waals surface area contributed by atoms with Gasteiger partial charge in [0.2, 0.25) is 5.89 Å². The molecule has 0 aliphatic rings. The van der Waals surface area contributed by atoms with Crippen LogP contribution in [0.3, 0.4) is 0 Å². The molecule has 0 amide bonds. The number of benzene rings is 2. The molecule has 2 heterocycles. The molecule has 2 aromatic heterocycles. The number of thiazole rings is 1. The van der Waals surface area contributed by atoms with Gasteiger partial charge in [0.1, 0.15) is 17.0 Å². The summed E-state index contributed by atoms with van der Waals surface area (Å²) in [4.78, 5) is 15.6. The molecule has 148 valence electrons.